The number of non-ortho nitro benzene ring substituents is 1. The molecule has 6 nitrogen and oxygen atoms in total. The molecule has 0 aliphatic carbocycles. The van der Waals surface area contributed by atoms with Gasteiger partial charge in [0.05, 0.1) is 11.0 Å². The van der Waals surface area contributed by atoms with Gasteiger partial charge in [-0.05, 0) is 24.0 Å². The quantitative estimate of drug-likeness (QED) is 0.580. The molecule has 3 N–H and O–H groups in total. The van der Waals surface area contributed by atoms with E-state index in [4.69, 9.17) is 5.73 Å². The van der Waals surface area contributed by atoms with E-state index in [1.54, 1.807) is 23.9 Å². The average molecular weight is 283 g/mol. The predicted molar refractivity (Wildman–Crippen MR) is 75.9 cm³/mol. The highest BCUT2D eigenvalue weighted by Gasteiger charge is 2.13. The maximum atomic E-state index is 11.7. The van der Waals surface area contributed by atoms with Crippen molar-refractivity contribution in [3.63, 3.8) is 0 Å². The van der Waals surface area contributed by atoms with Gasteiger partial charge >= 0.3 is 0 Å². The Hall–Kier alpha value is -1.60. The Labute approximate surface area is 115 Å². The molecule has 1 aromatic carbocycles. The van der Waals surface area contributed by atoms with Crippen LogP contribution in [0.5, 0.6) is 0 Å². The maximum absolute atomic E-state index is 11.7. The van der Waals surface area contributed by atoms with Gasteiger partial charge in [-0.3, -0.25) is 14.9 Å². The molecule has 1 rings (SSSR count). The van der Waals surface area contributed by atoms with Crippen molar-refractivity contribution in [3.05, 3.63) is 39.9 Å². The largest absolute Gasteiger partial charge is 0.351 e. The van der Waals surface area contributed by atoms with E-state index in [0.717, 1.165) is 5.75 Å². The molecule has 1 atom stereocenters. The Balaban J connectivity index is 2.50. The predicted octanol–water partition coefficient (Wildman–Crippen LogP) is 1.29. The van der Waals surface area contributed by atoms with Gasteiger partial charge in [0.25, 0.3) is 5.69 Å². The number of nitrogens with one attached hydrogen (secondary N) is 1. The Morgan fingerprint density at radius 2 is 2.32 bits per heavy atom. The minimum Gasteiger partial charge on any atom is -0.351 e. The zero-order valence-electron chi connectivity index (χ0n) is 10.7. The number of hydrogen-bond donors (Lipinski definition) is 2. The van der Waals surface area contributed by atoms with Gasteiger partial charge in [-0.1, -0.05) is 12.1 Å². The zero-order valence-corrected chi connectivity index (χ0v) is 11.5. The lowest BCUT2D eigenvalue weighted by molar-refractivity contribution is -0.384. The summed E-state index contributed by atoms with van der Waals surface area (Å²) in [6.45, 7) is 0.244. The third-order valence-corrected chi connectivity index (χ3v) is 3.20. The average Bonchev–Trinajstić information content (AvgIpc) is 2.42. The van der Waals surface area contributed by atoms with Crippen LogP contribution in [-0.2, 0) is 11.3 Å². The van der Waals surface area contributed by atoms with E-state index in [-0.39, 0.29) is 18.1 Å². The Morgan fingerprint density at radius 1 is 1.58 bits per heavy atom. The van der Waals surface area contributed by atoms with Crippen LogP contribution in [0.1, 0.15) is 12.0 Å². The number of nitro groups is 1. The molecular formula is C12H17N3O3S. The molecule has 0 aliphatic heterocycles. The van der Waals surface area contributed by atoms with Crippen molar-refractivity contribution >= 4 is 23.4 Å². The topological polar surface area (TPSA) is 98.3 Å². The third kappa shape index (κ3) is 5.27. The van der Waals surface area contributed by atoms with Crippen LogP contribution >= 0.6 is 11.8 Å². The van der Waals surface area contributed by atoms with E-state index < -0.39 is 11.0 Å². The summed E-state index contributed by atoms with van der Waals surface area (Å²) >= 11 is 1.63. The summed E-state index contributed by atoms with van der Waals surface area (Å²) in [5, 5.41) is 13.3. The molecule has 19 heavy (non-hydrogen) atoms. The molecule has 0 heterocycles. The molecule has 0 saturated carbocycles. The van der Waals surface area contributed by atoms with Gasteiger partial charge in [0.1, 0.15) is 0 Å². The number of amides is 1. The summed E-state index contributed by atoms with van der Waals surface area (Å²) < 4.78 is 0. The molecule has 0 bridgehead atoms. The van der Waals surface area contributed by atoms with Crippen LogP contribution in [0, 0.1) is 10.1 Å². The second-order valence-corrected chi connectivity index (χ2v) is 5.02. The Morgan fingerprint density at radius 3 is 2.95 bits per heavy atom. The fourth-order valence-corrected chi connectivity index (χ4v) is 1.97. The van der Waals surface area contributed by atoms with Gasteiger partial charge in [-0.2, -0.15) is 11.8 Å². The second-order valence-electron chi connectivity index (χ2n) is 4.03. The number of rotatable bonds is 7. The Kier molecular flexibility index (Phi) is 6.31. The van der Waals surface area contributed by atoms with Crippen molar-refractivity contribution in [1.82, 2.24) is 5.32 Å². The molecule has 0 spiro atoms. The SMILES string of the molecule is CSCC[C@@H](N)C(=O)NCc1cccc([N+](=O)[O-])c1. The summed E-state index contributed by atoms with van der Waals surface area (Å²) in [7, 11) is 0. The summed E-state index contributed by atoms with van der Waals surface area (Å²) in [5.41, 5.74) is 6.40. The first-order valence-corrected chi connectivity index (χ1v) is 7.19. The van der Waals surface area contributed by atoms with E-state index in [1.807, 2.05) is 6.26 Å². The van der Waals surface area contributed by atoms with E-state index in [1.165, 1.54) is 12.1 Å². The van der Waals surface area contributed by atoms with E-state index in [9.17, 15) is 14.9 Å². The van der Waals surface area contributed by atoms with Crippen LogP contribution in [0.15, 0.2) is 24.3 Å². The minimum atomic E-state index is -0.536. The first-order valence-electron chi connectivity index (χ1n) is 5.80. The summed E-state index contributed by atoms with van der Waals surface area (Å²) in [6, 6.07) is 5.63. The highest BCUT2D eigenvalue weighted by Crippen LogP contribution is 2.12. The van der Waals surface area contributed by atoms with Crippen molar-refractivity contribution in [3.8, 4) is 0 Å². The molecule has 0 fully saturated rings. The molecule has 0 saturated heterocycles. The molecule has 7 heteroatoms. The molecule has 1 aromatic rings. The monoisotopic (exact) mass is 283 g/mol. The lowest BCUT2D eigenvalue weighted by Gasteiger charge is -2.11. The van der Waals surface area contributed by atoms with Crippen LogP contribution in [0.25, 0.3) is 0 Å². The Bertz CT molecular complexity index is 454. The molecule has 0 radical (unpaired) electrons. The zero-order chi connectivity index (χ0) is 14.3. The van der Waals surface area contributed by atoms with Gasteiger partial charge in [-0.25, -0.2) is 0 Å². The molecule has 0 aromatic heterocycles. The van der Waals surface area contributed by atoms with E-state index in [2.05, 4.69) is 5.32 Å². The smallest absolute Gasteiger partial charge is 0.269 e. The maximum Gasteiger partial charge on any atom is 0.269 e. The number of carbonyl (C=O) groups excluding carboxylic acids is 1. The highest BCUT2D eigenvalue weighted by atomic mass is 32.2. The van der Waals surface area contributed by atoms with Crippen molar-refractivity contribution in [2.45, 2.75) is 19.0 Å². The van der Waals surface area contributed by atoms with E-state index >= 15 is 0 Å². The van der Waals surface area contributed by atoms with Crippen molar-refractivity contribution in [2.24, 2.45) is 5.73 Å². The highest BCUT2D eigenvalue weighted by molar-refractivity contribution is 7.98. The third-order valence-electron chi connectivity index (χ3n) is 2.56. The van der Waals surface area contributed by atoms with Crippen molar-refractivity contribution < 1.29 is 9.72 Å². The standard InChI is InChI=1S/C12H17N3O3S/c1-19-6-5-11(13)12(16)14-8-9-3-2-4-10(7-9)15(17)18/h2-4,7,11H,5-6,8,13H2,1H3,(H,14,16)/t11-/m1/s1. The fourth-order valence-electron chi connectivity index (χ4n) is 1.48. The summed E-state index contributed by atoms with van der Waals surface area (Å²) in [6.07, 6.45) is 2.57. The lowest BCUT2D eigenvalue weighted by atomic mass is 10.2. The van der Waals surface area contributed by atoms with Crippen LogP contribution in [0.3, 0.4) is 0 Å². The van der Waals surface area contributed by atoms with E-state index in [0.29, 0.717) is 12.0 Å². The van der Waals surface area contributed by atoms with Gasteiger partial charge in [0, 0.05) is 18.7 Å². The van der Waals surface area contributed by atoms with Crippen LogP contribution in [-0.4, -0.2) is 28.9 Å². The summed E-state index contributed by atoms with van der Waals surface area (Å²) in [4.78, 5) is 21.8. The minimum absolute atomic E-state index is 0.0124. The number of hydrogen-bond acceptors (Lipinski definition) is 5. The van der Waals surface area contributed by atoms with Crippen LogP contribution < -0.4 is 11.1 Å². The number of nitrogens with zero attached hydrogens (tertiary/aromatic N) is 1. The number of thioether (sulfide) groups is 1. The molecule has 104 valence electrons. The summed E-state index contributed by atoms with van der Waals surface area (Å²) in [5.74, 6) is 0.589. The molecule has 0 aliphatic rings. The molecule has 1 amide bonds. The van der Waals surface area contributed by atoms with Gasteiger partial charge in [0.15, 0.2) is 0 Å². The first-order chi connectivity index (χ1) is 9.04. The van der Waals surface area contributed by atoms with Gasteiger partial charge < -0.3 is 11.1 Å². The number of benzene rings is 1. The molecular weight excluding hydrogens is 266 g/mol. The second kappa shape index (κ2) is 7.75. The van der Waals surface area contributed by atoms with Crippen LogP contribution in [0.2, 0.25) is 0 Å². The molecule has 0 unspecified atom stereocenters. The first kappa shape index (κ1) is 15.5. The number of nitrogens with two attached hydrogens (primary N) is 1. The van der Waals surface area contributed by atoms with Gasteiger partial charge in [0.2, 0.25) is 5.91 Å². The van der Waals surface area contributed by atoms with Crippen molar-refractivity contribution in [2.75, 3.05) is 12.0 Å². The fraction of sp³-hybridized carbons (Fsp3) is 0.417. The number of carbonyl (C=O) groups is 1. The van der Waals surface area contributed by atoms with Crippen molar-refractivity contribution in [1.29, 1.82) is 0 Å². The van der Waals surface area contributed by atoms with Gasteiger partial charge in [-0.15, -0.1) is 0 Å². The number of nitro benzene ring substituents is 1. The van der Waals surface area contributed by atoms with Crippen LogP contribution in [0.4, 0.5) is 5.69 Å². The normalized spacial score (nSPS) is 11.9. The lowest BCUT2D eigenvalue weighted by Crippen LogP contribution is -2.40.